The second-order valence-electron chi connectivity index (χ2n) is 7.89. The van der Waals surface area contributed by atoms with Gasteiger partial charge in [0.25, 0.3) is 0 Å². The molecule has 0 aliphatic carbocycles. The number of nitrogens with zero attached hydrogens (tertiary/aromatic N) is 2. The van der Waals surface area contributed by atoms with Crippen molar-refractivity contribution in [1.82, 2.24) is 15.5 Å². The van der Waals surface area contributed by atoms with Crippen LogP contribution in [-0.2, 0) is 17.8 Å². The predicted molar refractivity (Wildman–Crippen MR) is 105 cm³/mol. The molecule has 0 spiro atoms. The number of fused-ring (bicyclic) bond motifs is 2. The summed E-state index contributed by atoms with van der Waals surface area (Å²) in [4.78, 5) is 7.01. The molecule has 0 saturated carbocycles. The molecule has 3 aliphatic rings. The Labute approximate surface area is 157 Å². The van der Waals surface area contributed by atoms with Gasteiger partial charge in [0, 0.05) is 20.1 Å². The molecule has 5 heteroatoms. The Kier molecular flexibility index (Phi) is 5.75. The summed E-state index contributed by atoms with van der Waals surface area (Å²) in [5.41, 5.74) is 2.80. The van der Waals surface area contributed by atoms with Gasteiger partial charge in [0.15, 0.2) is 5.96 Å². The Morgan fingerprint density at radius 3 is 2.65 bits per heavy atom. The number of nitrogens with one attached hydrogen (secondary N) is 2. The SMILES string of the molecule is CN=C(NCc1ccccc1CN1CCCCC1)NC1CC2CCC1O2. The van der Waals surface area contributed by atoms with E-state index in [0.717, 1.165) is 25.5 Å². The van der Waals surface area contributed by atoms with Gasteiger partial charge < -0.3 is 15.4 Å². The third-order valence-electron chi connectivity index (χ3n) is 6.06. The number of likely N-dealkylation sites (tertiary alicyclic amines) is 1. The van der Waals surface area contributed by atoms with Crippen molar-refractivity contribution in [2.75, 3.05) is 20.1 Å². The Hall–Kier alpha value is -1.59. The monoisotopic (exact) mass is 356 g/mol. The molecule has 142 valence electrons. The molecule has 3 unspecified atom stereocenters. The third kappa shape index (κ3) is 4.21. The molecule has 4 rings (SSSR count). The van der Waals surface area contributed by atoms with Gasteiger partial charge in [0.05, 0.1) is 18.2 Å². The zero-order valence-corrected chi connectivity index (χ0v) is 15.9. The Bertz CT molecular complexity index is 626. The first kappa shape index (κ1) is 17.8. The van der Waals surface area contributed by atoms with E-state index >= 15 is 0 Å². The van der Waals surface area contributed by atoms with Gasteiger partial charge in [-0.3, -0.25) is 9.89 Å². The van der Waals surface area contributed by atoms with Gasteiger partial charge in [-0.15, -0.1) is 0 Å². The van der Waals surface area contributed by atoms with Gasteiger partial charge in [0.2, 0.25) is 0 Å². The van der Waals surface area contributed by atoms with E-state index in [0.29, 0.717) is 18.2 Å². The summed E-state index contributed by atoms with van der Waals surface area (Å²) in [6.45, 7) is 4.33. The minimum absolute atomic E-state index is 0.366. The number of hydrogen-bond donors (Lipinski definition) is 2. The van der Waals surface area contributed by atoms with Gasteiger partial charge in [0.1, 0.15) is 0 Å². The number of ether oxygens (including phenoxy) is 1. The molecular weight excluding hydrogens is 324 g/mol. The quantitative estimate of drug-likeness (QED) is 0.629. The average molecular weight is 357 g/mol. The molecule has 3 heterocycles. The molecule has 1 aromatic carbocycles. The summed E-state index contributed by atoms with van der Waals surface area (Å²) in [5.74, 6) is 0.888. The van der Waals surface area contributed by atoms with Crippen molar-refractivity contribution >= 4 is 5.96 Å². The van der Waals surface area contributed by atoms with E-state index in [4.69, 9.17) is 4.74 Å². The average Bonchev–Trinajstić information content (AvgIpc) is 3.30. The van der Waals surface area contributed by atoms with E-state index in [-0.39, 0.29) is 0 Å². The van der Waals surface area contributed by atoms with E-state index in [1.165, 1.54) is 56.3 Å². The predicted octanol–water partition coefficient (Wildman–Crippen LogP) is 2.66. The Morgan fingerprint density at radius 2 is 1.96 bits per heavy atom. The highest BCUT2D eigenvalue weighted by Gasteiger charge is 2.41. The van der Waals surface area contributed by atoms with Crippen LogP contribution in [0, 0.1) is 0 Å². The maximum atomic E-state index is 5.95. The highest BCUT2D eigenvalue weighted by Crippen LogP contribution is 2.34. The Morgan fingerprint density at radius 1 is 1.15 bits per heavy atom. The van der Waals surface area contributed by atoms with Crippen LogP contribution in [0.2, 0.25) is 0 Å². The topological polar surface area (TPSA) is 48.9 Å². The van der Waals surface area contributed by atoms with E-state index in [9.17, 15) is 0 Å². The molecule has 5 nitrogen and oxygen atoms in total. The molecule has 2 N–H and O–H groups in total. The summed E-state index contributed by atoms with van der Waals surface area (Å²) >= 11 is 0. The van der Waals surface area contributed by atoms with Crippen LogP contribution in [0.15, 0.2) is 29.3 Å². The van der Waals surface area contributed by atoms with Gasteiger partial charge in [-0.2, -0.15) is 0 Å². The smallest absolute Gasteiger partial charge is 0.191 e. The molecule has 0 amide bonds. The van der Waals surface area contributed by atoms with Crippen molar-refractivity contribution in [1.29, 1.82) is 0 Å². The van der Waals surface area contributed by atoms with Crippen LogP contribution in [0.3, 0.4) is 0 Å². The van der Waals surface area contributed by atoms with Crippen molar-refractivity contribution < 1.29 is 4.74 Å². The van der Waals surface area contributed by atoms with E-state index in [1.54, 1.807) is 0 Å². The van der Waals surface area contributed by atoms with Gasteiger partial charge in [-0.05, 0) is 56.3 Å². The van der Waals surface area contributed by atoms with E-state index in [2.05, 4.69) is 44.8 Å². The molecule has 26 heavy (non-hydrogen) atoms. The van der Waals surface area contributed by atoms with Crippen LogP contribution in [0.25, 0.3) is 0 Å². The molecule has 2 bridgehead atoms. The van der Waals surface area contributed by atoms with Crippen LogP contribution in [0.5, 0.6) is 0 Å². The lowest BCUT2D eigenvalue weighted by Gasteiger charge is -2.27. The third-order valence-corrected chi connectivity index (χ3v) is 6.06. The van der Waals surface area contributed by atoms with Gasteiger partial charge >= 0.3 is 0 Å². The summed E-state index contributed by atoms with van der Waals surface area (Å²) in [7, 11) is 1.85. The molecular formula is C21H32N4O. The largest absolute Gasteiger partial charge is 0.373 e. The molecule has 3 atom stereocenters. The minimum Gasteiger partial charge on any atom is -0.373 e. The van der Waals surface area contributed by atoms with Gasteiger partial charge in [-0.25, -0.2) is 0 Å². The fourth-order valence-corrected chi connectivity index (χ4v) is 4.58. The molecule has 0 radical (unpaired) electrons. The van der Waals surface area contributed by atoms with Crippen molar-refractivity contribution in [2.45, 2.75) is 69.9 Å². The fourth-order valence-electron chi connectivity index (χ4n) is 4.58. The fraction of sp³-hybridized carbons (Fsp3) is 0.667. The second kappa shape index (κ2) is 8.40. The normalized spacial score (nSPS) is 29.1. The number of benzene rings is 1. The van der Waals surface area contributed by atoms with Crippen molar-refractivity contribution in [3.05, 3.63) is 35.4 Å². The van der Waals surface area contributed by atoms with Crippen LogP contribution >= 0.6 is 0 Å². The molecule has 3 aliphatic heterocycles. The molecule has 1 aromatic rings. The lowest BCUT2D eigenvalue weighted by atomic mass is 9.96. The minimum atomic E-state index is 0.366. The number of piperidine rings is 1. The first-order chi connectivity index (χ1) is 12.8. The highest BCUT2D eigenvalue weighted by molar-refractivity contribution is 5.80. The first-order valence-corrected chi connectivity index (χ1v) is 10.2. The second-order valence-corrected chi connectivity index (χ2v) is 7.89. The van der Waals surface area contributed by atoms with E-state index in [1.807, 2.05) is 7.05 Å². The van der Waals surface area contributed by atoms with Crippen LogP contribution in [0.4, 0.5) is 0 Å². The summed E-state index contributed by atoms with van der Waals surface area (Å²) < 4.78 is 5.95. The molecule has 0 aromatic heterocycles. The maximum absolute atomic E-state index is 5.95. The maximum Gasteiger partial charge on any atom is 0.191 e. The lowest BCUT2D eigenvalue weighted by Crippen LogP contribution is -2.47. The highest BCUT2D eigenvalue weighted by atomic mass is 16.5. The number of hydrogen-bond acceptors (Lipinski definition) is 3. The first-order valence-electron chi connectivity index (χ1n) is 10.2. The van der Waals surface area contributed by atoms with Crippen molar-refractivity contribution in [3.8, 4) is 0 Å². The molecule has 3 saturated heterocycles. The number of aliphatic imine (C=N–C) groups is 1. The zero-order chi connectivity index (χ0) is 17.8. The summed E-state index contributed by atoms with van der Waals surface area (Å²) in [6.07, 6.45) is 8.39. The van der Waals surface area contributed by atoms with Crippen molar-refractivity contribution in [2.24, 2.45) is 4.99 Å². The van der Waals surface area contributed by atoms with Crippen LogP contribution in [-0.4, -0.2) is 49.2 Å². The summed E-state index contributed by atoms with van der Waals surface area (Å²) in [6, 6.07) is 9.20. The lowest BCUT2D eigenvalue weighted by molar-refractivity contribution is 0.0992. The standard InChI is InChI=1S/C21H32N4O/c1-22-21(24-19-13-18-9-10-20(19)26-18)23-14-16-7-3-4-8-17(16)15-25-11-5-2-6-12-25/h3-4,7-8,18-20H,2,5-6,9-15H2,1H3,(H2,22,23,24). The Balaban J connectivity index is 1.33. The summed E-state index contributed by atoms with van der Waals surface area (Å²) in [5, 5.41) is 7.09. The van der Waals surface area contributed by atoms with Gasteiger partial charge in [-0.1, -0.05) is 30.7 Å². The van der Waals surface area contributed by atoms with Crippen molar-refractivity contribution in [3.63, 3.8) is 0 Å². The van der Waals surface area contributed by atoms with Crippen LogP contribution < -0.4 is 10.6 Å². The number of rotatable bonds is 5. The van der Waals surface area contributed by atoms with E-state index < -0.39 is 0 Å². The zero-order valence-electron chi connectivity index (χ0n) is 15.9. The number of guanidine groups is 1. The molecule has 3 fully saturated rings. The van der Waals surface area contributed by atoms with Crippen LogP contribution in [0.1, 0.15) is 49.7 Å².